The molecule has 4 nitrogen and oxygen atoms in total. The second-order valence-electron chi connectivity index (χ2n) is 7.33. The molecule has 0 bridgehead atoms. The second-order valence-corrected chi connectivity index (χ2v) is 7.33. The number of amides is 1. The molecule has 3 aromatic rings. The third-order valence-corrected chi connectivity index (χ3v) is 5.27. The lowest BCUT2D eigenvalue weighted by Crippen LogP contribution is -2.43. The van der Waals surface area contributed by atoms with E-state index in [1.807, 2.05) is 36.0 Å². The van der Waals surface area contributed by atoms with E-state index in [9.17, 15) is 4.79 Å². The van der Waals surface area contributed by atoms with Crippen LogP contribution < -0.4 is 5.32 Å². The lowest BCUT2D eigenvalue weighted by molar-refractivity contribution is 0.0927. The van der Waals surface area contributed by atoms with Gasteiger partial charge in [-0.1, -0.05) is 30.3 Å². The smallest absolute Gasteiger partial charge is 0.251 e. The van der Waals surface area contributed by atoms with Gasteiger partial charge in [-0.2, -0.15) is 0 Å². The topological polar surface area (TPSA) is 37.3 Å². The Morgan fingerprint density at radius 2 is 1.96 bits per heavy atom. The first-order valence-corrected chi connectivity index (χ1v) is 9.25. The van der Waals surface area contributed by atoms with Crippen LogP contribution in [0.5, 0.6) is 0 Å². The Kier molecular flexibility index (Phi) is 4.51. The van der Waals surface area contributed by atoms with E-state index in [4.69, 9.17) is 0 Å². The van der Waals surface area contributed by atoms with Crippen molar-refractivity contribution in [3.8, 4) is 0 Å². The van der Waals surface area contributed by atoms with E-state index in [0.29, 0.717) is 0 Å². The van der Waals surface area contributed by atoms with Crippen LogP contribution >= 0.6 is 0 Å². The lowest BCUT2D eigenvalue weighted by atomic mass is 9.99. The summed E-state index contributed by atoms with van der Waals surface area (Å²) >= 11 is 0. The molecule has 1 N–H and O–H groups in total. The van der Waals surface area contributed by atoms with Gasteiger partial charge < -0.3 is 9.88 Å². The van der Waals surface area contributed by atoms with Gasteiger partial charge in [-0.15, -0.1) is 0 Å². The van der Waals surface area contributed by atoms with E-state index in [0.717, 1.165) is 42.5 Å². The Morgan fingerprint density at radius 1 is 1.15 bits per heavy atom. The van der Waals surface area contributed by atoms with Crippen LogP contribution in [-0.4, -0.2) is 34.5 Å². The number of nitrogens with one attached hydrogen (secondary N) is 1. The second kappa shape index (κ2) is 6.96. The van der Waals surface area contributed by atoms with Crippen LogP contribution in [-0.2, 0) is 20.0 Å². The minimum atomic E-state index is -0.00184. The predicted octanol–water partition coefficient (Wildman–Crippen LogP) is 3.35. The summed E-state index contributed by atoms with van der Waals surface area (Å²) in [4.78, 5) is 15.1. The number of aryl methyl sites for hydroxylation is 1. The van der Waals surface area contributed by atoms with Crippen LogP contribution in [0.1, 0.15) is 28.4 Å². The monoisotopic (exact) mass is 347 g/mol. The molecule has 26 heavy (non-hydrogen) atoms. The van der Waals surface area contributed by atoms with Gasteiger partial charge >= 0.3 is 0 Å². The molecule has 1 aliphatic rings. The zero-order valence-electron chi connectivity index (χ0n) is 15.4. The molecule has 134 valence electrons. The van der Waals surface area contributed by atoms with Crippen LogP contribution in [0.3, 0.4) is 0 Å². The van der Waals surface area contributed by atoms with Gasteiger partial charge in [0, 0.05) is 50.0 Å². The standard InChI is InChI=1S/C22H25N3O/c1-16(14-25-12-10-17-5-3-4-6-20(17)15-25)23-22(26)19-8-7-18-9-11-24(2)21(18)13-19/h3-9,11,13,16H,10,12,14-15H2,1-2H3,(H,23,26). The maximum Gasteiger partial charge on any atom is 0.251 e. The van der Waals surface area contributed by atoms with Crippen molar-refractivity contribution in [1.29, 1.82) is 0 Å². The van der Waals surface area contributed by atoms with Gasteiger partial charge in [0.05, 0.1) is 0 Å². The Morgan fingerprint density at radius 3 is 2.81 bits per heavy atom. The first-order chi connectivity index (χ1) is 12.6. The Hall–Kier alpha value is -2.59. The summed E-state index contributed by atoms with van der Waals surface area (Å²) in [5, 5.41) is 4.31. The first-order valence-electron chi connectivity index (χ1n) is 9.25. The van der Waals surface area contributed by atoms with Gasteiger partial charge in [0.1, 0.15) is 0 Å². The minimum absolute atomic E-state index is 0.00184. The number of carbonyl (C=O) groups excluding carboxylic acids is 1. The molecule has 2 aromatic carbocycles. The average Bonchev–Trinajstić information content (AvgIpc) is 3.02. The van der Waals surface area contributed by atoms with Gasteiger partial charge in [0.15, 0.2) is 0 Å². The van der Waals surface area contributed by atoms with Gasteiger partial charge in [0.25, 0.3) is 5.91 Å². The molecule has 4 heteroatoms. The predicted molar refractivity (Wildman–Crippen MR) is 105 cm³/mol. The molecular weight excluding hydrogens is 322 g/mol. The fourth-order valence-corrected chi connectivity index (χ4v) is 3.85. The molecule has 4 rings (SSSR count). The summed E-state index contributed by atoms with van der Waals surface area (Å²) < 4.78 is 2.04. The van der Waals surface area contributed by atoms with Gasteiger partial charge in [-0.3, -0.25) is 9.69 Å². The minimum Gasteiger partial charge on any atom is -0.351 e. The number of carbonyl (C=O) groups is 1. The Balaban J connectivity index is 1.39. The molecule has 0 spiro atoms. The van der Waals surface area contributed by atoms with Crippen molar-refractivity contribution >= 4 is 16.8 Å². The van der Waals surface area contributed by atoms with Crippen LogP contribution in [0.25, 0.3) is 10.9 Å². The highest BCUT2D eigenvalue weighted by molar-refractivity contribution is 5.98. The van der Waals surface area contributed by atoms with E-state index in [1.54, 1.807) is 0 Å². The van der Waals surface area contributed by atoms with Crippen molar-refractivity contribution in [3.63, 3.8) is 0 Å². The van der Waals surface area contributed by atoms with Gasteiger partial charge in [0.2, 0.25) is 0 Å². The van der Waals surface area contributed by atoms with Crippen molar-refractivity contribution in [2.24, 2.45) is 7.05 Å². The molecular formula is C22H25N3O. The van der Waals surface area contributed by atoms with Gasteiger partial charge in [-0.05, 0) is 48.1 Å². The van der Waals surface area contributed by atoms with E-state index in [-0.39, 0.29) is 11.9 Å². The SMILES string of the molecule is CC(CN1CCc2ccccc2C1)NC(=O)c1ccc2ccn(C)c2c1. The summed E-state index contributed by atoms with van der Waals surface area (Å²) in [7, 11) is 2.00. The molecule has 0 radical (unpaired) electrons. The normalized spacial score (nSPS) is 15.6. The maximum atomic E-state index is 12.6. The first kappa shape index (κ1) is 16.9. The van der Waals surface area contributed by atoms with Crippen LogP contribution in [0.2, 0.25) is 0 Å². The molecule has 1 aliphatic heterocycles. The zero-order valence-corrected chi connectivity index (χ0v) is 15.4. The van der Waals surface area contributed by atoms with Crippen molar-refractivity contribution < 1.29 is 4.79 Å². The van der Waals surface area contributed by atoms with Crippen molar-refractivity contribution in [3.05, 3.63) is 71.4 Å². The van der Waals surface area contributed by atoms with Crippen LogP contribution in [0.4, 0.5) is 0 Å². The van der Waals surface area contributed by atoms with E-state index in [1.165, 1.54) is 11.1 Å². The third kappa shape index (κ3) is 3.37. The number of nitrogens with zero attached hydrogens (tertiary/aromatic N) is 2. The molecule has 0 saturated carbocycles. The molecule has 1 unspecified atom stereocenters. The van der Waals surface area contributed by atoms with Crippen molar-refractivity contribution in [1.82, 2.24) is 14.8 Å². The van der Waals surface area contributed by atoms with Crippen molar-refractivity contribution in [2.75, 3.05) is 13.1 Å². The van der Waals surface area contributed by atoms with Crippen LogP contribution in [0, 0.1) is 0 Å². The fraction of sp³-hybridized carbons (Fsp3) is 0.318. The summed E-state index contributed by atoms with van der Waals surface area (Å²) in [5.74, 6) is -0.00184. The Bertz CT molecular complexity index is 943. The van der Waals surface area contributed by atoms with E-state index < -0.39 is 0 Å². The number of hydrogen-bond acceptors (Lipinski definition) is 2. The molecule has 0 saturated heterocycles. The van der Waals surface area contributed by atoms with E-state index in [2.05, 4.69) is 47.5 Å². The Labute approximate surface area is 154 Å². The molecule has 2 heterocycles. The maximum absolute atomic E-state index is 12.6. The number of hydrogen-bond donors (Lipinski definition) is 1. The lowest BCUT2D eigenvalue weighted by Gasteiger charge is -2.31. The van der Waals surface area contributed by atoms with Crippen LogP contribution in [0.15, 0.2) is 54.7 Å². The summed E-state index contributed by atoms with van der Waals surface area (Å²) in [6.07, 6.45) is 3.10. The number of rotatable bonds is 4. The highest BCUT2D eigenvalue weighted by Crippen LogP contribution is 2.19. The van der Waals surface area contributed by atoms with Gasteiger partial charge in [-0.25, -0.2) is 0 Å². The largest absolute Gasteiger partial charge is 0.351 e. The summed E-state index contributed by atoms with van der Waals surface area (Å²) in [6.45, 7) is 4.96. The number of fused-ring (bicyclic) bond motifs is 2. The summed E-state index contributed by atoms with van der Waals surface area (Å²) in [5.41, 5.74) is 4.66. The highest BCUT2D eigenvalue weighted by Gasteiger charge is 2.19. The highest BCUT2D eigenvalue weighted by atomic mass is 16.1. The fourth-order valence-electron chi connectivity index (χ4n) is 3.85. The molecule has 1 amide bonds. The molecule has 1 aromatic heterocycles. The molecule has 1 atom stereocenters. The molecule has 0 fully saturated rings. The average molecular weight is 347 g/mol. The quantitative estimate of drug-likeness (QED) is 0.786. The number of benzene rings is 2. The third-order valence-electron chi connectivity index (χ3n) is 5.27. The number of aromatic nitrogens is 1. The zero-order chi connectivity index (χ0) is 18.1. The van der Waals surface area contributed by atoms with E-state index >= 15 is 0 Å². The summed E-state index contributed by atoms with van der Waals surface area (Å²) in [6, 6.07) is 16.7. The van der Waals surface area contributed by atoms with Crippen molar-refractivity contribution in [2.45, 2.75) is 25.9 Å². The molecule has 0 aliphatic carbocycles.